The van der Waals surface area contributed by atoms with Crippen LogP contribution >= 0.6 is 23.1 Å². The molecule has 3 heterocycles. The molecule has 0 N–H and O–H groups in total. The van der Waals surface area contributed by atoms with Gasteiger partial charge in [0, 0.05) is 31.4 Å². The maximum Gasteiger partial charge on any atom is 0.260 e. The number of aromatic nitrogens is 3. The average molecular weight is 534 g/mol. The normalized spacial score (nSPS) is 15.5. The molecule has 1 fully saturated rings. The predicted molar refractivity (Wildman–Crippen MR) is 145 cm³/mol. The number of piperazine rings is 1. The van der Waals surface area contributed by atoms with Crippen molar-refractivity contribution in [3.05, 3.63) is 78.2 Å². The molecular formula is C27H27N5O3S2. The number of hydrogen-bond acceptors (Lipinski definition) is 7. The Morgan fingerprint density at radius 1 is 0.973 bits per heavy atom. The Hall–Kier alpha value is -3.63. The van der Waals surface area contributed by atoms with Gasteiger partial charge in [0.1, 0.15) is 5.75 Å². The summed E-state index contributed by atoms with van der Waals surface area (Å²) in [7, 11) is 0. The van der Waals surface area contributed by atoms with Gasteiger partial charge >= 0.3 is 0 Å². The monoisotopic (exact) mass is 533 g/mol. The number of carbonyl (C=O) groups is 2. The van der Waals surface area contributed by atoms with Gasteiger partial charge < -0.3 is 14.5 Å². The van der Waals surface area contributed by atoms with Crippen molar-refractivity contribution in [2.24, 2.45) is 0 Å². The third-order valence-corrected chi connectivity index (χ3v) is 7.90. The second kappa shape index (κ2) is 11.6. The van der Waals surface area contributed by atoms with Gasteiger partial charge in [0.2, 0.25) is 5.91 Å². The Kier molecular flexibility index (Phi) is 7.86. The van der Waals surface area contributed by atoms with Crippen LogP contribution in [0.1, 0.15) is 6.92 Å². The maximum absolute atomic E-state index is 13.1. The van der Waals surface area contributed by atoms with E-state index in [1.54, 1.807) is 16.2 Å². The molecule has 1 aliphatic heterocycles. The summed E-state index contributed by atoms with van der Waals surface area (Å²) in [5, 5.41) is 11.5. The highest BCUT2D eigenvalue weighted by atomic mass is 32.2. The first-order valence-electron chi connectivity index (χ1n) is 12.0. The van der Waals surface area contributed by atoms with E-state index in [2.05, 4.69) is 10.2 Å². The largest absolute Gasteiger partial charge is 0.484 e. The van der Waals surface area contributed by atoms with Crippen molar-refractivity contribution in [3.8, 4) is 22.1 Å². The topological polar surface area (TPSA) is 80.6 Å². The van der Waals surface area contributed by atoms with E-state index in [9.17, 15) is 9.59 Å². The highest BCUT2D eigenvalue weighted by Crippen LogP contribution is 2.30. The fourth-order valence-corrected chi connectivity index (χ4v) is 5.81. The van der Waals surface area contributed by atoms with Crippen molar-refractivity contribution in [1.29, 1.82) is 0 Å². The quantitative estimate of drug-likeness (QED) is 0.316. The Balaban J connectivity index is 1.19. The first-order valence-corrected chi connectivity index (χ1v) is 13.9. The fraction of sp³-hybridized carbons (Fsp3) is 0.259. The molecule has 1 aliphatic rings. The molecular weight excluding hydrogens is 506 g/mol. The molecule has 190 valence electrons. The van der Waals surface area contributed by atoms with Crippen LogP contribution in [0.5, 0.6) is 5.75 Å². The third kappa shape index (κ3) is 5.86. The minimum Gasteiger partial charge on any atom is -0.484 e. The summed E-state index contributed by atoms with van der Waals surface area (Å²) < 4.78 is 7.61. The van der Waals surface area contributed by atoms with Gasteiger partial charge in [0.25, 0.3) is 5.91 Å². The second-order valence-electron chi connectivity index (χ2n) is 8.62. The standard InChI is InChI=1S/C27H27N5O3S2/c1-20-17-30(14-15-31(20)24(33)18-35-22-11-6-3-7-12-22)25(34)19-37-27-29-28-26(23-13-8-16-36-23)32(27)21-9-4-2-5-10-21/h2-13,16,20H,14-15,17-19H2,1H3. The molecule has 10 heteroatoms. The van der Waals surface area contributed by atoms with Crippen LogP contribution in [0.3, 0.4) is 0 Å². The summed E-state index contributed by atoms with van der Waals surface area (Å²) in [6, 6.07) is 23.1. The summed E-state index contributed by atoms with van der Waals surface area (Å²) in [6.07, 6.45) is 0. The van der Waals surface area contributed by atoms with E-state index in [0.29, 0.717) is 30.5 Å². The van der Waals surface area contributed by atoms with E-state index in [1.807, 2.05) is 94.6 Å². The van der Waals surface area contributed by atoms with E-state index >= 15 is 0 Å². The lowest BCUT2D eigenvalue weighted by molar-refractivity contribution is -0.142. The summed E-state index contributed by atoms with van der Waals surface area (Å²) in [6.45, 7) is 3.42. The smallest absolute Gasteiger partial charge is 0.260 e. The van der Waals surface area contributed by atoms with Crippen LogP contribution in [0.25, 0.3) is 16.4 Å². The molecule has 1 unspecified atom stereocenters. The van der Waals surface area contributed by atoms with Crippen LogP contribution in [-0.4, -0.2) is 74.4 Å². The Morgan fingerprint density at radius 2 is 1.73 bits per heavy atom. The van der Waals surface area contributed by atoms with E-state index in [0.717, 1.165) is 16.4 Å². The van der Waals surface area contributed by atoms with Gasteiger partial charge in [-0.25, -0.2) is 0 Å². The Morgan fingerprint density at radius 3 is 2.43 bits per heavy atom. The number of amides is 2. The number of nitrogens with zero attached hydrogens (tertiary/aromatic N) is 5. The molecule has 0 aliphatic carbocycles. The number of hydrogen-bond donors (Lipinski definition) is 0. The van der Waals surface area contributed by atoms with E-state index in [1.165, 1.54) is 11.8 Å². The van der Waals surface area contributed by atoms with Crippen molar-refractivity contribution in [2.45, 2.75) is 18.1 Å². The lowest BCUT2D eigenvalue weighted by atomic mass is 10.2. The number of benzene rings is 2. The molecule has 2 aromatic carbocycles. The Labute approximate surface area is 223 Å². The summed E-state index contributed by atoms with van der Waals surface area (Å²) in [4.78, 5) is 30.5. The molecule has 4 aromatic rings. The second-order valence-corrected chi connectivity index (χ2v) is 10.5. The summed E-state index contributed by atoms with van der Waals surface area (Å²) >= 11 is 2.98. The molecule has 0 spiro atoms. The highest BCUT2D eigenvalue weighted by molar-refractivity contribution is 7.99. The van der Waals surface area contributed by atoms with Gasteiger partial charge in [-0.15, -0.1) is 21.5 Å². The van der Waals surface area contributed by atoms with Gasteiger partial charge in [-0.3, -0.25) is 14.2 Å². The Bertz CT molecular complexity index is 1330. The lowest BCUT2D eigenvalue weighted by Crippen LogP contribution is -2.56. The zero-order chi connectivity index (χ0) is 25.6. The predicted octanol–water partition coefficient (Wildman–Crippen LogP) is 4.23. The van der Waals surface area contributed by atoms with E-state index in [4.69, 9.17) is 4.74 Å². The van der Waals surface area contributed by atoms with Crippen LogP contribution < -0.4 is 4.74 Å². The molecule has 5 rings (SSSR count). The lowest BCUT2D eigenvalue weighted by Gasteiger charge is -2.39. The number of carbonyl (C=O) groups excluding carboxylic acids is 2. The van der Waals surface area contributed by atoms with Crippen LogP contribution in [-0.2, 0) is 9.59 Å². The molecule has 37 heavy (non-hydrogen) atoms. The number of para-hydroxylation sites is 2. The molecule has 8 nitrogen and oxygen atoms in total. The van der Waals surface area contributed by atoms with Crippen molar-refractivity contribution in [3.63, 3.8) is 0 Å². The first kappa shape index (κ1) is 25.0. The summed E-state index contributed by atoms with van der Waals surface area (Å²) in [5.41, 5.74) is 0.948. The van der Waals surface area contributed by atoms with E-state index in [-0.39, 0.29) is 30.2 Å². The van der Waals surface area contributed by atoms with Crippen molar-refractivity contribution in [1.82, 2.24) is 24.6 Å². The number of ether oxygens (including phenoxy) is 1. The van der Waals surface area contributed by atoms with Crippen LogP contribution in [0.4, 0.5) is 0 Å². The zero-order valence-corrected chi connectivity index (χ0v) is 22.0. The van der Waals surface area contributed by atoms with Gasteiger partial charge in [0.05, 0.1) is 10.6 Å². The molecule has 2 aromatic heterocycles. The van der Waals surface area contributed by atoms with Crippen molar-refractivity contribution < 1.29 is 14.3 Å². The SMILES string of the molecule is CC1CN(C(=O)CSc2nnc(-c3cccs3)n2-c2ccccc2)CCN1C(=O)COc1ccccc1. The van der Waals surface area contributed by atoms with Crippen LogP contribution in [0.2, 0.25) is 0 Å². The number of rotatable bonds is 8. The maximum atomic E-state index is 13.1. The number of thiophene rings is 1. The molecule has 1 atom stereocenters. The summed E-state index contributed by atoms with van der Waals surface area (Å²) in [5.74, 6) is 1.61. The average Bonchev–Trinajstić information content (AvgIpc) is 3.61. The molecule has 0 radical (unpaired) electrons. The number of thioether (sulfide) groups is 1. The molecule has 2 amide bonds. The van der Waals surface area contributed by atoms with Gasteiger partial charge in [-0.1, -0.05) is 54.2 Å². The fourth-order valence-electron chi connectivity index (χ4n) is 4.26. The van der Waals surface area contributed by atoms with Crippen LogP contribution in [0.15, 0.2) is 83.3 Å². The zero-order valence-electron chi connectivity index (χ0n) is 20.4. The highest BCUT2D eigenvalue weighted by Gasteiger charge is 2.30. The molecule has 1 saturated heterocycles. The minimum atomic E-state index is -0.0898. The van der Waals surface area contributed by atoms with Crippen molar-refractivity contribution >= 4 is 34.9 Å². The minimum absolute atomic E-state index is 0.0140. The third-order valence-electron chi connectivity index (χ3n) is 6.12. The molecule has 0 bridgehead atoms. The first-order chi connectivity index (χ1) is 18.1. The van der Waals surface area contributed by atoms with Crippen molar-refractivity contribution in [2.75, 3.05) is 32.0 Å². The van der Waals surface area contributed by atoms with Gasteiger partial charge in [-0.05, 0) is 42.6 Å². The molecule has 0 saturated carbocycles. The van der Waals surface area contributed by atoms with Crippen LogP contribution in [0, 0.1) is 0 Å². The van der Waals surface area contributed by atoms with Gasteiger partial charge in [-0.2, -0.15) is 0 Å². The van der Waals surface area contributed by atoms with E-state index < -0.39 is 0 Å². The van der Waals surface area contributed by atoms with Gasteiger partial charge in [0.15, 0.2) is 17.6 Å².